The summed E-state index contributed by atoms with van der Waals surface area (Å²) in [5.74, 6) is 0. The normalized spacial score (nSPS) is 23.4. The summed E-state index contributed by atoms with van der Waals surface area (Å²) in [7, 11) is 0.801. The molecule has 6 heteroatoms. The van der Waals surface area contributed by atoms with Crippen LogP contribution in [-0.4, -0.2) is 68.7 Å². The van der Waals surface area contributed by atoms with E-state index in [4.69, 9.17) is 0 Å². The van der Waals surface area contributed by atoms with Crippen molar-refractivity contribution in [2.45, 2.75) is 50.9 Å². The zero-order chi connectivity index (χ0) is 14.6. The van der Waals surface area contributed by atoms with Crippen LogP contribution in [0.4, 0.5) is 0 Å². The van der Waals surface area contributed by atoms with Gasteiger partial charge in [-0.2, -0.15) is 4.31 Å². The highest BCUT2D eigenvalue weighted by atomic mass is 32.2. The van der Waals surface area contributed by atoms with E-state index in [-0.39, 0.29) is 11.3 Å². The molecule has 0 amide bonds. The van der Waals surface area contributed by atoms with Crippen LogP contribution in [0.2, 0.25) is 0 Å². The van der Waals surface area contributed by atoms with E-state index in [9.17, 15) is 8.42 Å². The fraction of sp³-hybridized carbons (Fsp3) is 1.00. The van der Waals surface area contributed by atoms with E-state index < -0.39 is 10.0 Å². The highest BCUT2D eigenvalue weighted by Gasteiger charge is 2.37. The van der Waals surface area contributed by atoms with Gasteiger partial charge in [-0.3, -0.25) is 0 Å². The Bertz CT molecular complexity index is 368. The molecule has 0 saturated carbocycles. The monoisotopic (exact) mass is 291 g/mol. The second-order valence-electron chi connectivity index (χ2n) is 6.09. The molecule has 0 aliphatic carbocycles. The molecule has 1 N–H and O–H groups in total. The second-order valence-corrected chi connectivity index (χ2v) is 8.39. The molecule has 0 aromatic rings. The zero-order valence-electron chi connectivity index (χ0n) is 12.9. The van der Waals surface area contributed by atoms with Crippen molar-refractivity contribution in [3.05, 3.63) is 0 Å². The van der Waals surface area contributed by atoms with Crippen molar-refractivity contribution in [3.63, 3.8) is 0 Å². The molecule has 1 fully saturated rings. The third-order valence-corrected chi connectivity index (χ3v) is 5.87. The Morgan fingerprint density at radius 3 is 2.47 bits per heavy atom. The van der Waals surface area contributed by atoms with Crippen LogP contribution in [0, 0.1) is 0 Å². The van der Waals surface area contributed by atoms with Crippen molar-refractivity contribution in [2.75, 3.05) is 33.7 Å². The topological polar surface area (TPSA) is 52.7 Å². The van der Waals surface area contributed by atoms with E-state index in [0.717, 1.165) is 19.4 Å². The lowest BCUT2D eigenvalue weighted by Gasteiger charge is -2.29. The molecule has 1 aliphatic rings. The van der Waals surface area contributed by atoms with Gasteiger partial charge in [-0.15, -0.1) is 0 Å². The van der Waals surface area contributed by atoms with Crippen molar-refractivity contribution >= 4 is 10.0 Å². The number of nitrogens with one attached hydrogen (secondary N) is 1. The maximum absolute atomic E-state index is 12.6. The first-order valence-electron chi connectivity index (χ1n) is 7.14. The minimum atomic E-state index is -3.19. The van der Waals surface area contributed by atoms with Crippen molar-refractivity contribution in [2.24, 2.45) is 0 Å². The van der Waals surface area contributed by atoms with Gasteiger partial charge >= 0.3 is 0 Å². The summed E-state index contributed by atoms with van der Waals surface area (Å²) >= 11 is 0. The maximum Gasteiger partial charge on any atom is 0.218 e. The van der Waals surface area contributed by atoms with Crippen LogP contribution in [0.15, 0.2) is 0 Å². The lowest BCUT2D eigenvalue weighted by atomic mass is 10.2. The zero-order valence-corrected chi connectivity index (χ0v) is 13.7. The summed E-state index contributed by atoms with van der Waals surface area (Å²) < 4.78 is 26.9. The van der Waals surface area contributed by atoms with Crippen LogP contribution >= 0.6 is 0 Å². The van der Waals surface area contributed by atoms with Gasteiger partial charge in [0.15, 0.2) is 0 Å². The van der Waals surface area contributed by atoms with Crippen LogP contribution in [-0.2, 0) is 10.0 Å². The number of nitrogens with zero attached hydrogens (tertiary/aromatic N) is 2. The van der Waals surface area contributed by atoms with Gasteiger partial charge in [0.1, 0.15) is 0 Å². The van der Waals surface area contributed by atoms with Crippen molar-refractivity contribution in [1.29, 1.82) is 0 Å². The molecular weight excluding hydrogens is 262 g/mol. The average molecular weight is 291 g/mol. The minimum absolute atomic E-state index is 0.140. The molecule has 19 heavy (non-hydrogen) atoms. The molecule has 1 saturated heterocycles. The number of hydrogen-bond donors (Lipinski definition) is 1. The van der Waals surface area contributed by atoms with Gasteiger partial charge in [-0.05, 0) is 33.9 Å². The Hall–Kier alpha value is -0.170. The van der Waals surface area contributed by atoms with Crippen LogP contribution in [0.5, 0.6) is 0 Å². The molecule has 114 valence electrons. The molecule has 0 spiro atoms. The van der Waals surface area contributed by atoms with Gasteiger partial charge in [-0.25, -0.2) is 8.42 Å². The van der Waals surface area contributed by atoms with Crippen LogP contribution in [0.3, 0.4) is 0 Å². The summed E-state index contributed by atoms with van der Waals surface area (Å²) in [6.07, 6.45) is 1.95. The number of likely N-dealkylation sites (N-methyl/N-ethyl adjacent to an activating group) is 1. The third kappa shape index (κ3) is 4.70. The molecule has 2 unspecified atom stereocenters. The summed E-state index contributed by atoms with van der Waals surface area (Å²) in [6, 6.07) is 0.454. The molecule has 1 rings (SSSR count). The number of rotatable bonds is 7. The molecule has 0 radical (unpaired) electrons. The smallest absolute Gasteiger partial charge is 0.218 e. The van der Waals surface area contributed by atoms with E-state index in [2.05, 4.69) is 10.2 Å². The predicted octanol–water partition coefficient (Wildman–Crippen LogP) is 0.729. The van der Waals surface area contributed by atoms with Crippen molar-refractivity contribution < 1.29 is 8.42 Å². The molecule has 2 atom stereocenters. The standard InChI is InChI=1S/C13H29N3O2S/c1-11(2)14-9-12(3)19(17,18)16-8-6-7-13(16)10-15(4)5/h11-14H,6-10H2,1-5H3. The minimum Gasteiger partial charge on any atom is -0.313 e. The summed E-state index contributed by atoms with van der Waals surface area (Å²) in [5.41, 5.74) is 0. The fourth-order valence-corrected chi connectivity index (χ4v) is 4.23. The lowest BCUT2D eigenvalue weighted by molar-refractivity contribution is 0.289. The first-order chi connectivity index (χ1) is 8.75. The third-order valence-electron chi connectivity index (χ3n) is 3.55. The number of sulfonamides is 1. The quantitative estimate of drug-likeness (QED) is 0.751. The molecule has 5 nitrogen and oxygen atoms in total. The van der Waals surface area contributed by atoms with E-state index in [1.807, 2.05) is 27.9 Å². The van der Waals surface area contributed by atoms with E-state index >= 15 is 0 Å². The van der Waals surface area contributed by atoms with Gasteiger partial charge in [0, 0.05) is 31.7 Å². The molecule has 1 aliphatic heterocycles. The van der Waals surface area contributed by atoms with E-state index in [1.165, 1.54) is 0 Å². The Balaban J connectivity index is 2.69. The Morgan fingerprint density at radius 1 is 1.32 bits per heavy atom. The summed E-state index contributed by atoms with van der Waals surface area (Å²) in [5, 5.41) is 2.85. The Morgan fingerprint density at radius 2 is 1.95 bits per heavy atom. The number of hydrogen-bond acceptors (Lipinski definition) is 4. The SMILES string of the molecule is CC(C)NCC(C)S(=O)(=O)N1CCCC1CN(C)C. The van der Waals surface area contributed by atoms with Crippen LogP contribution in [0.1, 0.15) is 33.6 Å². The lowest BCUT2D eigenvalue weighted by Crippen LogP contribution is -2.47. The molecular formula is C13H29N3O2S. The second kappa shape index (κ2) is 7.02. The van der Waals surface area contributed by atoms with Crippen LogP contribution in [0.25, 0.3) is 0 Å². The highest BCUT2D eigenvalue weighted by Crippen LogP contribution is 2.23. The van der Waals surface area contributed by atoms with Gasteiger partial charge in [0.05, 0.1) is 5.25 Å². The van der Waals surface area contributed by atoms with Crippen LogP contribution < -0.4 is 5.32 Å². The fourth-order valence-electron chi connectivity index (χ4n) is 2.49. The van der Waals surface area contributed by atoms with Gasteiger partial charge in [-0.1, -0.05) is 13.8 Å². The summed E-state index contributed by atoms with van der Waals surface area (Å²) in [6.45, 7) is 7.87. The predicted molar refractivity (Wildman–Crippen MR) is 79.8 cm³/mol. The Labute approximate surface area is 118 Å². The largest absolute Gasteiger partial charge is 0.313 e. The first-order valence-corrected chi connectivity index (χ1v) is 8.64. The van der Waals surface area contributed by atoms with Gasteiger partial charge < -0.3 is 10.2 Å². The van der Waals surface area contributed by atoms with Gasteiger partial charge in [0.2, 0.25) is 10.0 Å². The maximum atomic E-state index is 12.6. The molecule has 1 heterocycles. The van der Waals surface area contributed by atoms with Gasteiger partial charge in [0.25, 0.3) is 0 Å². The molecule has 0 aromatic carbocycles. The first kappa shape index (κ1) is 16.9. The van der Waals surface area contributed by atoms with E-state index in [0.29, 0.717) is 19.1 Å². The molecule has 0 bridgehead atoms. The summed E-state index contributed by atoms with van der Waals surface area (Å²) in [4.78, 5) is 2.07. The molecule has 0 aromatic heterocycles. The van der Waals surface area contributed by atoms with Crippen molar-refractivity contribution in [3.8, 4) is 0 Å². The highest BCUT2D eigenvalue weighted by molar-refractivity contribution is 7.89. The Kier molecular flexibility index (Phi) is 6.23. The van der Waals surface area contributed by atoms with E-state index in [1.54, 1.807) is 11.2 Å². The average Bonchev–Trinajstić information content (AvgIpc) is 2.73. The van der Waals surface area contributed by atoms with Crippen molar-refractivity contribution in [1.82, 2.24) is 14.5 Å².